The molecule has 2 N–H and O–H groups in total. The first kappa shape index (κ1) is 24.0. The van der Waals surface area contributed by atoms with E-state index in [1.165, 1.54) is 18.4 Å². The van der Waals surface area contributed by atoms with Crippen LogP contribution in [0.5, 0.6) is 0 Å². The van der Waals surface area contributed by atoms with Gasteiger partial charge in [-0.2, -0.15) is 0 Å². The zero-order chi connectivity index (χ0) is 23.0. The minimum atomic E-state index is -3.82. The largest absolute Gasteiger partial charge is 0.467 e. The number of carbonyl (C=O) groups excluding carboxylic acids is 2. The average Bonchev–Trinajstić information content (AvgIpc) is 3.51. The van der Waals surface area contributed by atoms with Crippen LogP contribution in [0.25, 0.3) is 0 Å². The van der Waals surface area contributed by atoms with E-state index in [0.717, 1.165) is 25.7 Å². The van der Waals surface area contributed by atoms with Gasteiger partial charge in [-0.25, -0.2) is 13.1 Å². The SMILES string of the molecule is CCC[C@@H](C(=O)NCc1ccco1)N(C(=O)CNS(=O)(=O)c1ccccc1)C1CCCC1. The van der Waals surface area contributed by atoms with Crippen LogP contribution in [-0.2, 0) is 26.2 Å². The van der Waals surface area contributed by atoms with Crippen molar-refractivity contribution in [2.45, 2.75) is 69.0 Å². The summed E-state index contributed by atoms with van der Waals surface area (Å²) in [6.07, 6.45) is 6.33. The van der Waals surface area contributed by atoms with Crippen molar-refractivity contribution in [3.63, 3.8) is 0 Å². The van der Waals surface area contributed by atoms with E-state index >= 15 is 0 Å². The first-order valence-electron chi connectivity index (χ1n) is 11.1. The fourth-order valence-electron chi connectivity index (χ4n) is 4.12. The second-order valence-corrected chi connectivity index (χ2v) is 9.75. The molecule has 1 heterocycles. The molecule has 0 aliphatic heterocycles. The number of furan rings is 1. The normalized spacial score (nSPS) is 15.4. The summed E-state index contributed by atoms with van der Waals surface area (Å²) in [5.74, 6) is -0.0135. The van der Waals surface area contributed by atoms with Crippen molar-refractivity contribution in [3.8, 4) is 0 Å². The Hall–Kier alpha value is -2.65. The summed E-state index contributed by atoms with van der Waals surface area (Å²) in [4.78, 5) is 28.0. The average molecular weight is 462 g/mol. The van der Waals surface area contributed by atoms with Crippen LogP contribution in [0.15, 0.2) is 58.0 Å². The number of benzene rings is 1. The van der Waals surface area contributed by atoms with Crippen LogP contribution in [-0.4, -0.2) is 43.8 Å². The Morgan fingerprint density at radius 2 is 1.84 bits per heavy atom. The topological polar surface area (TPSA) is 109 Å². The number of hydrogen-bond acceptors (Lipinski definition) is 5. The lowest BCUT2D eigenvalue weighted by Crippen LogP contribution is -2.55. The lowest BCUT2D eigenvalue weighted by atomic mass is 10.0. The van der Waals surface area contributed by atoms with Crippen LogP contribution >= 0.6 is 0 Å². The Balaban J connectivity index is 1.73. The van der Waals surface area contributed by atoms with Gasteiger partial charge in [0.1, 0.15) is 11.8 Å². The smallest absolute Gasteiger partial charge is 0.243 e. The molecule has 0 bridgehead atoms. The number of sulfonamides is 1. The van der Waals surface area contributed by atoms with Crippen molar-refractivity contribution in [2.75, 3.05) is 6.54 Å². The summed E-state index contributed by atoms with van der Waals surface area (Å²) >= 11 is 0. The molecule has 1 saturated carbocycles. The van der Waals surface area contributed by atoms with E-state index in [4.69, 9.17) is 4.42 Å². The lowest BCUT2D eigenvalue weighted by Gasteiger charge is -2.36. The molecule has 0 radical (unpaired) electrons. The Kier molecular flexibility index (Phi) is 8.46. The molecule has 3 rings (SSSR count). The molecule has 0 spiro atoms. The minimum Gasteiger partial charge on any atom is -0.467 e. The summed E-state index contributed by atoms with van der Waals surface area (Å²) in [5.41, 5.74) is 0. The molecule has 1 aliphatic carbocycles. The van der Waals surface area contributed by atoms with Gasteiger partial charge in [-0.1, -0.05) is 44.4 Å². The highest BCUT2D eigenvalue weighted by Gasteiger charge is 2.36. The highest BCUT2D eigenvalue weighted by molar-refractivity contribution is 7.89. The third-order valence-electron chi connectivity index (χ3n) is 5.69. The molecule has 1 fully saturated rings. The number of carbonyl (C=O) groups is 2. The summed E-state index contributed by atoms with van der Waals surface area (Å²) in [6, 6.07) is 10.7. The molecule has 9 heteroatoms. The zero-order valence-corrected chi connectivity index (χ0v) is 19.1. The molecule has 2 aromatic rings. The van der Waals surface area contributed by atoms with Gasteiger partial charge in [-0.05, 0) is 43.5 Å². The first-order chi connectivity index (χ1) is 15.4. The van der Waals surface area contributed by atoms with Crippen molar-refractivity contribution in [1.29, 1.82) is 0 Å². The maximum Gasteiger partial charge on any atom is 0.243 e. The Morgan fingerprint density at radius 3 is 2.47 bits per heavy atom. The Morgan fingerprint density at radius 1 is 1.12 bits per heavy atom. The van der Waals surface area contributed by atoms with Crippen LogP contribution in [0, 0.1) is 0 Å². The van der Waals surface area contributed by atoms with Crippen molar-refractivity contribution in [2.24, 2.45) is 0 Å². The van der Waals surface area contributed by atoms with Gasteiger partial charge in [-0.3, -0.25) is 9.59 Å². The highest BCUT2D eigenvalue weighted by Crippen LogP contribution is 2.27. The van der Waals surface area contributed by atoms with E-state index in [1.54, 1.807) is 35.2 Å². The summed E-state index contributed by atoms with van der Waals surface area (Å²) in [7, 11) is -3.82. The number of nitrogens with zero attached hydrogens (tertiary/aromatic N) is 1. The standard InChI is InChI=1S/C23H31N3O5S/c1-2-9-21(23(28)24-16-19-12-8-15-31-19)26(18-10-6-7-11-18)22(27)17-25-32(29,30)20-13-4-3-5-14-20/h3-5,8,12-15,18,21,25H,2,6-7,9-11,16-17H2,1H3,(H,24,28)/t21-/m0/s1. The molecule has 174 valence electrons. The second-order valence-electron chi connectivity index (χ2n) is 7.98. The molecule has 1 atom stereocenters. The zero-order valence-electron chi connectivity index (χ0n) is 18.3. The fourth-order valence-corrected chi connectivity index (χ4v) is 5.12. The maximum absolute atomic E-state index is 13.3. The monoisotopic (exact) mass is 461 g/mol. The fraction of sp³-hybridized carbons (Fsp3) is 0.478. The van der Waals surface area contributed by atoms with Crippen LogP contribution in [0.3, 0.4) is 0 Å². The lowest BCUT2D eigenvalue weighted by molar-refractivity contribution is -0.142. The summed E-state index contributed by atoms with van der Waals surface area (Å²) in [6.45, 7) is 1.81. The maximum atomic E-state index is 13.3. The third kappa shape index (κ3) is 6.20. The molecule has 0 saturated heterocycles. The van der Waals surface area contributed by atoms with Crippen molar-refractivity contribution < 1.29 is 22.4 Å². The molecule has 8 nitrogen and oxygen atoms in total. The Bertz CT molecular complexity index is 970. The summed E-state index contributed by atoms with van der Waals surface area (Å²) < 4.78 is 32.8. The van der Waals surface area contributed by atoms with Gasteiger partial charge in [0.25, 0.3) is 0 Å². The third-order valence-corrected chi connectivity index (χ3v) is 7.11. The van der Waals surface area contributed by atoms with Gasteiger partial charge >= 0.3 is 0 Å². The van der Waals surface area contributed by atoms with E-state index in [2.05, 4.69) is 10.0 Å². The van der Waals surface area contributed by atoms with E-state index < -0.39 is 16.1 Å². The van der Waals surface area contributed by atoms with Crippen molar-refractivity contribution in [1.82, 2.24) is 14.9 Å². The molecule has 32 heavy (non-hydrogen) atoms. The van der Waals surface area contributed by atoms with Gasteiger partial charge in [-0.15, -0.1) is 0 Å². The van der Waals surface area contributed by atoms with E-state index in [1.807, 2.05) is 6.92 Å². The van der Waals surface area contributed by atoms with Crippen LogP contribution in [0.2, 0.25) is 0 Å². The van der Waals surface area contributed by atoms with E-state index in [0.29, 0.717) is 18.6 Å². The number of nitrogens with one attached hydrogen (secondary N) is 2. The van der Waals surface area contributed by atoms with Crippen LogP contribution in [0.1, 0.15) is 51.2 Å². The van der Waals surface area contributed by atoms with Gasteiger partial charge in [0.2, 0.25) is 21.8 Å². The van der Waals surface area contributed by atoms with Gasteiger partial charge in [0.15, 0.2) is 0 Å². The molecule has 1 aliphatic rings. The van der Waals surface area contributed by atoms with Crippen LogP contribution < -0.4 is 10.0 Å². The Labute approximate surface area is 189 Å². The molecular weight excluding hydrogens is 430 g/mol. The second kappa shape index (κ2) is 11.3. The molecular formula is C23H31N3O5S. The van der Waals surface area contributed by atoms with Gasteiger partial charge < -0.3 is 14.6 Å². The first-order valence-corrected chi connectivity index (χ1v) is 12.6. The predicted molar refractivity (Wildman–Crippen MR) is 120 cm³/mol. The molecule has 1 aromatic heterocycles. The number of hydrogen-bond donors (Lipinski definition) is 2. The predicted octanol–water partition coefficient (Wildman–Crippen LogP) is 2.81. The van der Waals surface area contributed by atoms with Gasteiger partial charge in [0.05, 0.1) is 24.2 Å². The molecule has 2 amide bonds. The minimum absolute atomic E-state index is 0.0744. The van der Waals surface area contributed by atoms with E-state index in [9.17, 15) is 18.0 Å². The van der Waals surface area contributed by atoms with Crippen molar-refractivity contribution in [3.05, 3.63) is 54.5 Å². The molecule has 0 unspecified atom stereocenters. The summed E-state index contributed by atoms with van der Waals surface area (Å²) in [5, 5.41) is 2.86. The molecule has 1 aromatic carbocycles. The van der Waals surface area contributed by atoms with Gasteiger partial charge in [0, 0.05) is 6.04 Å². The van der Waals surface area contributed by atoms with E-state index in [-0.39, 0.29) is 35.8 Å². The quantitative estimate of drug-likeness (QED) is 0.535. The van der Waals surface area contributed by atoms with Crippen molar-refractivity contribution >= 4 is 21.8 Å². The van der Waals surface area contributed by atoms with Crippen LogP contribution in [0.4, 0.5) is 0 Å². The number of rotatable bonds is 11. The highest BCUT2D eigenvalue weighted by atomic mass is 32.2. The number of amides is 2.